The van der Waals surface area contributed by atoms with Crippen LogP contribution in [0.15, 0.2) is 11.4 Å². The van der Waals surface area contributed by atoms with Crippen molar-refractivity contribution in [2.24, 2.45) is 0 Å². The molecule has 1 rings (SSSR count). The highest BCUT2D eigenvalue weighted by molar-refractivity contribution is 7.10. The predicted molar refractivity (Wildman–Crippen MR) is 48.6 cm³/mol. The van der Waals surface area contributed by atoms with E-state index in [1.807, 2.05) is 0 Å². The zero-order valence-electron chi connectivity index (χ0n) is 7.08. The second-order valence-corrected chi connectivity index (χ2v) is 3.28. The van der Waals surface area contributed by atoms with Gasteiger partial charge in [-0.25, -0.2) is 4.39 Å². The van der Waals surface area contributed by atoms with Crippen molar-refractivity contribution < 1.29 is 14.2 Å². The third kappa shape index (κ3) is 2.26. The maximum Gasteiger partial charge on any atom is 0.215 e. The highest BCUT2D eigenvalue weighted by Gasteiger charge is 2.19. The van der Waals surface area contributed by atoms with Crippen LogP contribution in [0.25, 0.3) is 0 Å². The van der Waals surface area contributed by atoms with Gasteiger partial charge >= 0.3 is 0 Å². The van der Waals surface area contributed by atoms with Gasteiger partial charge in [0.2, 0.25) is 5.90 Å². The Labute approximate surface area is 79.3 Å². The fourth-order valence-corrected chi connectivity index (χ4v) is 1.60. The number of hydrogen-bond acceptors (Lipinski definition) is 4. The van der Waals surface area contributed by atoms with Crippen molar-refractivity contribution >= 4 is 17.2 Å². The Hall–Kier alpha value is -0.940. The normalized spacial score (nSPS) is 12.5. The minimum absolute atomic E-state index is 0.124. The Morgan fingerprint density at radius 3 is 3.00 bits per heavy atom. The molecule has 1 aromatic rings. The van der Waals surface area contributed by atoms with Crippen LogP contribution >= 0.6 is 11.3 Å². The number of rotatable bonds is 3. The molecule has 0 aromatic carbocycles. The number of hydrogen-bond donors (Lipinski definition) is 2. The van der Waals surface area contributed by atoms with E-state index in [1.165, 1.54) is 11.4 Å². The van der Waals surface area contributed by atoms with E-state index in [0.717, 1.165) is 11.3 Å². The van der Waals surface area contributed by atoms with E-state index in [0.29, 0.717) is 6.61 Å². The summed E-state index contributed by atoms with van der Waals surface area (Å²) >= 11 is 1.07. The molecule has 5 heteroatoms. The van der Waals surface area contributed by atoms with Gasteiger partial charge in [0.05, 0.1) is 11.5 Å². The average molecular weight is 203 g/mol. The molecule has 0 fully saturated rings. The van der Waals surface area contributed by atoms with Gasteiger partial charge in [0.25, 0.3) is 0 Å². The summed E-state index contributed by atoms with van der Waals surface area (Å²) in [6.45, 7) is 1.99. The standard InChI is InChI=1S/C8H10FNO2S/c1-2-12-8(10)6(11)7-5(9)3-4-13-7/h3-4,6,10-11H,2H2,1H3. The van der Waals surface area contributed by atoms with Gasteiger partial charge in [0.1, 0.15) is 5.82 Å². The number of nitrogens with one attached hydrogen (secondary N) is 1. The van der Waals surface area contributed by atoms with Crippen LogP contribution in [0.1, 0.15) is 17.9 Å². The van der Waals surface area contributed by atoms with Crippen molar-refractivity contribution in [2.45, 2.75) is 13.0 Å². The molecule has 0 saturated carbocycles. The lowest BCUT2D eigenvalue weighted by atomic mass is 10.3. The zero-order valence-corrected chi connectivity index (χ0v) is 7.90. The van der Waals surface area contributed by atoms with Gasteiger partial charge in [-0.05, 0) is 18.4 Å². The van der Waals surface area contributed by atoms with Crippen LogP contribution in [0, 0.1) is 11.2 Å². The molecule has 0 spiro atoms. The Bertz CT molecular complexity index is 300. The number of thiophene rings is 1. The second kappa shape index (κ2) is 4.34. The molecule has 0 aliphatic carbocycles. The summed E-state index contributed by atoms with van der Waals surface area (Å²) in [5.41, 5.74) is 0. The van der Waals surface area contributed by atoms with Gasteiger partial charge in [-0.1, -0.05) is 0 Å². The van der Waals surface area contributed by atoms with E-state index in [9.17, 15) is 9.50 Å². The predicted octanol–water partition coefficient (Wildman–Crippen LogP) is 1.93. The van der Waals surface area contributed by atoms with E-state index in [-0.39, 0.29) is 10.8 Å². The summed E-state index contributed by atoms with van der Waals surface area (Å²) in [5, 5.41) is 18.2. The van der Waals surface area contributed by atoms with Crippen LogP contribution in [0.2, 0.25) is 0 Å². The van der Waals surface area contributed by atoms with Crippen LogP contribution in [0.5, 0.6) is 0 Å². The van der Waals surface area contributed by atoms with Crippen molar-refractivity contribution in [1.29, 1.82) is 5.41 Å². The van der Waals surface area contributed by atoms with Gasteiger partial charge in [-0.15, -0.1) is 11.3 Å². The molecule has 0 amide bonds. The summed E-state index contributed by atoms with van der Waals surface area (Å²) < 4.78 is 17.7. The minimum Gasteiger partial charge on any atom is -0.479 e. The molecule has 0 aliphatic heterocycles. The van der Waals surface area contributed by atoms with Crippen LogP contribution in [0.4, 0.5) is 4.39 Å². The van der Waals surface area contributed by atoms with E-state index >= 15 is 0 Å². The maximum absolute atomic E-state index is 12.9. The number of aliphatic hydroxyl groups excluding tert-OH is 1. The minimum atomic E-state index is -1.28. The molecule has 1 atom stereocenters. The first kappa shape index (κ1) is 10.1. The summed E-state index contributed by atoms with van der Waals surface area (Å²) in [5.74, 6) is -0.814. The first-order valence-electron chi connectivity index (χ1n) is 3.79. The lowest BCUT2D eigenvalue weighted by Gasteiger charge is -2.10. The Morgan fingerprint density at radius 2 is 2.54 bits per heavy atom. The highest BCUT2D eigenvalue weighted by atomic mass is 32.1. The van der Waals surface area contributed by atoms with E-state index < -0.39 is 11.9 Å². The lowest BCUT2D eigenvalue weighted by Crippen LogP contribution is -2.14. The molecule has 72 valence electrons. The summed E-state index contributed by atoms with van der Waals surface area (Å²) in [7, 11) is 0. The van der Waals surface area contributed by atoms with Gasteiger partial charge in [-0.2, -0.15) is 0 Å². The fourth-order valence-electron chi connectivity index (χ4n) is 0.854. The first-order valence-corrected chi connectivity index (χ1v) is 4.67. The van der Waals surface area contributed by atoms with Crippen molar-refractivity contribution in [3.63, 3.8) is 0 Å². The molecule has 0 aliphatic rings. The third-order valence-corrected chi connectivity index (χ3v) is 2.39. The van der Waals surface area contributed by atoms with Crippen LogP contribution in [-0.4, -0.2) is 17.6 Å². The molecule has 1 unspecified atom stereocenters. The molecule has 2 N–H and O–H groups in total. The van der Waals surface area contributed by atoms with E-state index in [4.69, 9.17) is 10.1 Å². The largest absolute Gasteiger partial charge is 0.479 e. The number of halogens is 1. The van der Waals surface area contributed by atoms with Crippen LogP contribution in [0.3, 0.4) is 0 Å². The van der Waals surface area contributed by atoms with Gasteiger partial charge < -0.3 is 9.84 Å². The smallest absolute Gasteiger partial charge is 0.215 e. The molecule has 0 saturated heterocycles. The third-order valence-electron chi connectivity index (χ3n) is 1.44. The second-order valence-electron chi connectivity index (χ2n) is 2.33. The SMILES string of the molecule is CCOC(=N)C(O)c1sccc1F. The van der Waals surface area contributed by atoms with Crippen molar-refractivity contribution in [3.8, 4) is 0 Å². The van der Waals surface area contributed by atoms with Crippen molar-refractivity contribution in [3.05, 3.63) is 22.1 Å². The summed E-state index contributed by atoms with van der Waals surface area (Å²) in [6.07, 6.45) is -1.28. The lowest BCUT2D eigenvalue weighted by molar-refractivity contribution is 0.190. The molecule has 3 nitrogen and oxygen atoms in total. The monoisotopic (exact) mass is 203 g/mol. The maximum atomic E-state index is 12.9. The average Bonchev–Trinajstić information content (AvgIpc) is 2.50. The fraction of sp³-hybridized carbons (Fsp3) is 0.375. The molecular weight excluding hydrogens is 193 g/mol. The summed E-state index contributed by atoms with van der Waals surface area (Å²) in [6, 6.07) is 1.25. The molecule has 13 heavy (non-hydrogen) atoms. The summed E-state index contributed by atoms with van der Waals surface area (Å²) in [4.78, 5) is 0.124. The Kier molecular flexibility index (Phi) is 3.39. The van der Waals surface area contributed by atoms with Crippen LogP contribution in [-0.2, 0) is 4.74 Å². The van der Waals surface area contributed by atoms with Crippen LogP contribution < -0.4 is 0 Å². The molecule has 0 radical (unpaired) electrons. The quantitative estimate of drug-likeness (QED) is 0.582. The van der Waals surface area contributed by atoms with E-state index in [1.54, 1.807) is 6.92 Å². The molecule has 1 aromatic heterocycles. The Morgan fingerprint density at radius 1 is 1.85 bits per heavy atom. The zero-order chi connectivity index (χ0) is 9.84. The number of ether oxygens (including phenoxy) is 1. The van der Waals surface area contributed by atoms with E-state index in [2.05, 4.69) is 0 Å². The Balaban J connectivity index is 2.73. The molecule has 1 heterocycles. The van der Waals surface area contributed by atoms with Gasteiger partial charge in [0.15, 0.2) is 6.10 Å². The molecular formula is C8H10FNO2S. The van der Waals surface area contributed by atoms with Gasteiger partial charge in [-0.3, -0.25) is 5.41 Å². The molecule has 0 bridgehead atoms. The highest BCUT2D eigenvalue weighted by Crippen LogP contribution is 2.23. The first-order chi connectivity index (χ1) is 6.16. The van der Waals surface area contributed by atoms with Gasteiger partial charge in [0, 0.05) is 0 Å². The number of aliphatic hydroxyl groups is 1. The van der Waals surface area contributed by atoms with Crippen molar-refractivity contribution in [1.82, 2.24) is 0 Å². The topological polar surface area (TPSA) is 53.3 Å². The van der Waals surface area contributed by atoms with Crippen molar-refractivity contribution in [2.75, 3.05) is 6.61 Å².